The third-order valence-corrected chi connectivity index (χ3v) is 1.69. The average molecular weight is 143 g/mol. The molecular formula is C6H9NO3. The van der Waals surface area contributed by atoms with Crippen molar-refractivity contribution in [1.82, 2.24) is 4.90 Å². The van der Waals surface area contributed by atoms with Gasteiger partial charge in [-0.3, -0.25) is 0 Å². The van der Waals surface area contributed by atoms with E-state index in [-0.39, 0.29) is 5.92 Å². The van der Waals surface area contributed by atoms with Crippen molar-refractivity contribution < 1.29 is 14.7 Å². The summed E-state index contributed by atoms with van der Waals surface area (Å²) in [6, 6.07) is 0. The van der Waals surface area contributed by atoms with Crippen LogP contribution in [0.15, 0.2) is 0 Å². The molecule has 1 heterocycles. The molecule has 1 N–H and O–H groups in total. The number of carbonyl (C=O) groups is 2. The minimum absolute atomic E-state index is 0.0731. The highest BCUT2D eigenvalue weighted by molar-refractivity contribution is 5.67. The van der Waals surface area contributed by atoms with Gasteiger partial charge in [0.2, 0.25) is 0 Å². The van der Waals surface area contributed by atoms with Gasteiger partial charge in [0, 0.05) is 19.0 Å². The molecule has 4 nitrogen and oxygen atoms in total. The van der Waals surface area contributed by atoms with E-state index in [4.69, 9.17) is 5.11 Å². The molecule has 0 aromatic rings. The molecule has 10 heavy (non-hydrogen) atoms. The molecule has 1 fully saturated rings. The summed E-state index contributed by atoms with van der Waals surface area (Å²) in [6.45, 7) is 0.873. The van der Waals surface area contributed by atoms with Crippen molar-refractivity contribution in [2.45, 2.75) is 6.42 Å². The second-order valence-electron chi connectivity index (χ2n) is 2.41. The molecular weight excluding hydrogens is 134 g/mol. The summed E-state index contributed by atoms with van der Waals surface area (Å²) in [6.07, 6.45) is 0.572. The summed E-state index contributed by atoms with van der Waals surface area (Å²) < 4.78 is 0. The molecule has 1 aliphatic heterocycles. The molecule has 0 radical (unpaired) electrons. The summed E-state index contributed by atoms with van der Waals surface area (Å²) in [5, 5.41) is 8.44. The second-order valence-corrected chi connectivity index (χ2v) is 2.41. The third kappa shape index (κ3) is 1.26. The Morgan fingerprint density at radius 3 is 2.70 bits per heavy atom. The highest BCUT2D eigenvalue weighted by Crippen LogP contribution is 2.12. The Balaban J connectivity index is 2.42. The Morgan fingerprint density at radius 1 is 1.70 bits per heavy atom. The highest BCUT2D eigenvalue weighted by atomic mass is 16.4. The first-order chi connectivity index (χ1) is 4.74. The number of rotatable bonds is 1. The van der Waals surface area contributed by atoms with Crippen molar-refractivity contribution in [3.05, 3.63) is 0 Å². The molecule has 1 saturated heterocycles. The lowest BCUT2D eigenvalue weighted by molar-refractivity contribution is -0.110. The largest absolute Gasteiger partial charge is 0.465 e. The van der Waals surface area contributed by atoms with Gasteiger partial charge in [-0.05, 0) is 6.42 Å². The Bertz CT molecular complexity index is 157. The van der Waals surface area contributed by atoms with E-state index in [1.165, 1.54) is 4.90 Å². The molecule has 1 unspecified atom stereocenters. The van der Waals surface area contributed by atoms with Gasteiger partial charge >= 0.3 is 6.09 Å². The third-order valence-electron chi connectivity index (χ3n) is 1.69. The summed E-state index contributed by atoms with van der Waals surface area (Å²) in [4.78, 5) is 21.7. The topological polar surface area (TPSA) is 57.6 Å². The van der Waals surface area contributed by atoms with Crippen molar-refractivity contribution in [2.24, 2.45) is 5.92 Å². The van der Waals surface area contributed by atoms with Gasteiger partial charge in [-0.1, -0.05) is 0 Å². The number of carboxylic acid groups (broad SMARTS) is 1. The summed E-state index contributed by atoms with van der Waals surface area (Å²) in [7, 11) is 0. The molecule has 1 atom stereocenters. The Kier molecular flexibility index (Phi) is 1.89. The SMILES string of the molecule is O=CC1CCN(C(=O)O)C1. The van der Waals surface area contributed by atoms with Gasteiger partial charge in [0.25, 0.3) is 0 Å². The van der Waals surface area contributed by atoms with Crippen LogP contribution in [0.1, 0.15) is 6.42 Å². The predicted molar refractivity (Wildman–Crippen MR) is 33.8 cm³/mol. The summed E-state index contributed by atoms with van der Waals surface area (Å²) >= 11 is 0. The van der Waals surface area contributed by atoms with Crippen LogP contribution in [0.5, 0.6) is 0 Å². The average Bonchev–Trinajstić information content (AvgIpc) is 2.34. The van der Waals surface area contributed by atoms with Gasteiger partial charge in [-0.2, -0.15) is 0 Å². The molecule has 0 saturated carbocycles. The molecule has 56 valence electrons. The van der Waals surface area contributed by atoms with E-state index in [1.807, 2.05) is 0 Å². The number of aldehydes is 1. The van der Waals surface area contributed by atoms with Crippen molar-refractivity contribution >= 4 is 12.4 Å². The van der Waals surface area contributed by atoms with Crippen LogP contribution in [0.4, 0.5) is 4.79 Å². The second kappa shape index (κ2) is 2.68. The van der Waals surface area contributed by atoms with E-state index >= 15 is 0 Å². The highest BCUT2D eigenvalue weighted by Gasteiger charge is 2.24. The van der Waals surface area contributed by atoms with Gasteiger partial charge in [0.15, 0.2) is 0 Å². The maximum absolute atomic E-state index is 10.3. The van der Waals surface area contributed by atoms with Crippen LogP contribution in [0.25, 0.3) is 0 Å². The monoisotopic (exact) mass is 143 g/mol. The maximum atomic E-state index is 10.3. The van der Waals surface area contributed by atoms with Gasteiger partial charge in [0.1, 0.15) is 6.29 Å². The van der Waals surface area contributed by atoms with E-state index in [9.17, 15) is 9.59 Å². The Morgan fingerprint density at radius 2 is 2.40 bits per heavy atom. The zero-order valence-corrected chi connectivity index (χ0v) is 5.49. The van der Waals surface area contributed by atoms with Crippen LogP contribution in [-0.4, -0.2) is 35.5 Å². The van der Waals surface area contributed by atoms with Crippen LogP contribution in [0, 0.1) is 5.92 Å². The predicted octanol–water partition coefficient (Wildman–Crippen LogP) is 0.185. The lowest BCUT2D eigenvalue weighted by Crippen LogP contribution is -2.26. The Hall–Kier alpha value is -1.06. The molecule has 1 rings (SSSR count). The molecule has 4 heteroatoms. The van der Waals surface area contributed by atoms with Crippen molar-refractivity contribution in [2.75, 3.05) is 13.1 Å². The lowest BCUT2D eigenvalue weighted by Gasteiger charge is -2.08. The fourth-order valence-corrected chi connectivity index (χ4v) is 1.07. The maximum Gasteiger partial charge on any atom is 0.407 e. The Labute approximate surface area is 58.4 Å². The molecule has 0 bridgehead atoms. The number of likely N-dealkylation sites (tertiary alicyclic amines) is 1. The molecule has 0 spiro atoms. The number of hydrogen-bond donors (Lipinski definition) is 1. The van der Waals surface area contributed by atoms with Crippen molar-refractivity contribution in [3.63, 3.8) is 0 Å². The summed E-state index contributed by atoms with van der Waals surface area (Å²) in [5.41, 5.74) is 0. The standard InChI is InChI=1S/C6H9NO3/c8-4-5-1-2-7(3-5)6(9)10/h4-5H,1-3H2,(H,9,10). The zero-order chi connectivity index (χ0) is 7.56. The molecule has 0 aliphatic carbocycles. The number of hydrogen-bond acceptors (Lipinski definition) is 2. The fourth-order valence-electron chi connectivity index (χ4n) is 1.07. The fraction of sp³-hybridized carbons (Fsp3) is 0.667. The van der Waals surface area contributed by atoms with E-state index < -0.39 is 6.09 Å². The molecule has 1 aliphatic rings. The minimum Gasteiger partial charge on any atom is -0.465 e. The van der Waals surface area contributed by atoms with E-state index in [2.05, 4.69) is 0 Å². The lowest BCUT2D eigenvalue weighted by atomic mass is 10.1. The quantitative estimate of drug-likeness (QED) is 0.533. The van der Waals surface area contributed by atoms with Crippen molar-refractivity contribution in [3.8, 4) is 0 Å². The van der Waals surface area contributed by atoms with Gasteiger partial charge in [-0.15, -0.1) is 0 Å². The van der Waals surface area contributed by atoms with Crippen LogP contribution in [0.2, 0.25) is 0 Å². The van der Waals surface area contributed by atoms with Crippen molar-refractivity contribution in [1.29, 1.82) is 0 Å². The molecule has 0 aromatic heterocycles. The van der Waals surface area contributed by atoms with E-state index in [0.717, 1.165) is 6.29 Å². The normalized spacial score (nSPS) is 24.8. The number of nitrogens with zero attached hydrogens (tertiary/aromatic N) is 1. The number of amides is 1. The first kappa shape index (κ1) is 7.05. The van der Waals surface area contributed by atoms with Crippen LogP contribution >= 0.6 is 0 Å². The van der Waals surface area contributed by atoms with Gasteiger partial charge < -0.3 is 14.8 Å². The van der Waals surface area contributed by atoms with E-state index in [0.29, 0.717) is 19.5 Å². The van der Waals surface area contributed by atoms with Crippen LogP contribution in [-0.2, 0) is 4.79 Å². The van der Waals surface area contributed by atoms with Gasteiger partial charge in [-0.25, -0.2) is 4.79 Å². The van der Waals surface area contributed by atoms with Crippen LogP contribution in [0.3, 0.4) is 0 Å². The zero-order valence-electron chi connectivity index (χ0n) is 5.49. The molecule has 1 amide bonds. The minimum atomic E-state index is -0.927. The first-order valence-corrected chi connectivity index (χ1v) is 3.17. The van der Waals surface area contributed by atoms with Gasteiger partial charge in [0.05, 0.1) is 0 Å². The first-order valence-electron chi connectivity index (χ1n) is 3.17. The molecule has 0 aromatic carbocycles. The smallest absolute Gasteiger partial charge is 0.407 e. The van der Waals surface area contributed by atoms with Crippen LogP contribution < -0.4 is 0 Å². The number of carbonyl (C=O) groups excluding carboxylic acids is 1. The summed E-state index contributed by atoms with van der Waals surface area (Å²) in [5.74, 6) is -0.0731. The van der Waals surface area contributed by atoms with E-state index in [1.54, 1.807) is 0 Å².